The number of rotatable bonds is 2. The van der Waals surface area contributed by atoms with E-state index in [1.165, 1.54) is 0 Å². The Hall–Kier alpha value is -0.420. The molecule has 2 saturated heterocycles. The van der Waals surface area contributed by atoms with Gasteiger partial charge in [-0.2, -0.15) is 0 Å². The monoisotopic (exact) mass is 258 g/mol. The molecule has 0 aromatic carbocycles. The Morgan fingerprint density at radius 2 is 1.94 bits per heavy atom. The molecule has 5 heteroatoms. The second-order valence-electron chi connectivity index (χ2n) is 5.39. The molecular weight excluding hydrogens is 236 g/mol. The highest BCUT2D eigenvalue weighted by Crippen LogP contribution is 2.24. The van der Waals surface area contributed by atoms with E-state index in [0.717, 1.165) is 24.3 Å². The number of hydrogen-bond donors (Lipinski definition) is 1. The van der Waals surface area contributed by atoms with Crippen LogP contribution in [0.4, 0.5) is 0 Å². The van der Waals surface area contributed by atoms with E-state index in [2.05, 4.69) is 19.2 Å². The van der Waals surface area contributed by atoms with E-state index >= 15 is 0 Å². The molecule has 0 bridgehead atoms. The third kappa shape index (κ3) is 2.55. The normalized spacial score (nSPS) is 39.1. The number of amides is 1. The predicted octanol–water partition coefficient (Wildman–Crippen LogP) is 0.700. The van der Waals surface area contributed by atoms with Crippen LogP contribution < -0.4 is 5.32 Å². The summed E-state index contributed by atoms with van der Waals surface area (Å²) in [7, 11) is -0.659. The minimum atomic E-state index is -0.659. The average Bonchev–Trinajstić information content (AvgIpc) is 2.56. The Morgan fingerprint density at radius 3 is 2.41 bits per heavy atom. The van der Waals surface area contributed by atoms with Crippen molar-refractivity contribution >= 4 is 16.7 Å². The van der Waals surface area contributed by atoms with Crippen LogP contribution in [0.3, 0.4) is 0 Å². The largest absolute Gasteiger partial charge is 0.323 e. The van der Waals surface area contributed by atoms with Gasteiger partial charge in [0.25, 0.3) is 0 Å². The molecule has 0 spiro atoms. The first-order valence-electron chi connectivity index (χ1n) is 6.44. The topological polar surface area (TPSA) is 49.4 Å². The number of carbonyl (C=O) groups is 1. The van der Waals surface area contributed by atoms with Crippen LogP contribution >= 0.6 is 0 Å². The summed E-state index contributed by atoms with van der Waals surface area (Å²) >= 11 is 0. The van der Waals surface area contributed by atoms with Crippen LogP contribution in [0.1, 0.15) is 33.6 Å². The summed E-state index contributed by atoms with van der Waals surface area (Å²) in [4.78, 5) is 14.3. The summed E-state index contributed by atoms with van der Waals surface area (Å²) < 4.78 is 11.4. The van der Waals surface area contributed by atoms with Crippen LogP contribution in [-0.2, 0) is 15.6 Å². The maximum absolute atomic E-state index is 12.3. The van der Waals surface area contributed by atoms with Gasteiger partial charge in [-0.3, -0.25) is 14.3 Å². The van der Waals surface area contributed by atoms with E-state index in [1.54, 1.807) is 0 Å². The molecule has 98 valence electrons. The highest BCUT2D eigenvalue weighted by molar-refractivity contribution is 7.85. The molecule has 1 amide bonds. The zero-order valence-electron chi connectivity index (χ0n) is 10.8. The predicted molar refractivity (Wildman–Crippen MR) is 69.0 cm³/mol. The second kappa shape index (κ2) is 5.06. The van der Waals surface area contributed by atoms with Gasteiger partial charge in [0.05, 0.1) is 12.2 Å². The third-order valence-corrected chi connectivity index (χ3v) is 5.16. The molecule has 2 unspecified atom stereocenters. The Balaban J connectivity index is 2.05. The minimum Gasteiger partial charge on any atom is -0.323 e. The van der Waals surface area contributed by atoms with Crippen molar-refractivity contribution in [3.05, 3.63) is 0 Å². The zero-order chi connectivity index (χ0) is 12.6. The third-order valence-electron chi connectivity index (χ3n) is 3.78. The first-order valence-corrected chi connectivity index (χ1v) is 7.92. The molecule has 0 aromatic rings. The summed E-state index contributed by atoms with van der Waals surface area (Å²) in [6, 6.07) is 0.240. The average molecular weight is 258 g/mol. The highest BCUT2D eigenvalue weighted by atomic mass is 32.2. The van der Waals surface area contributed by atoms with Gasteiger partial charge >= 0.3 is 0 Å². The van der Waals surface area contributed by atoms with Crippen molar-refractivity contribution in [1.82, 2.24) is 10.2 Å². The summed E-state index contributed by atoms with van der Waals surface area (Å²) in [5, 5.41) is 3.36. The minimum absolute atomic E-state index is 0.0441. The van der Waals surface area contributed by atoms with E-state index in [4.69, 9.17) is 0 Å². The number of carbonyl (C=O) groups excluding carboxylic acids is 1. The molecular formula is C12H22N2O2S. The van der Waals surface area contributed by atoms with Crippen molar-refractivity contribution in [2.75, 3.05) is 11.5 Å². The van der Waals surface area contributed by atoms with Gasteiger partial charge in [-0.05, 0) is 25.7 Å². The van der Waals surface area contributed by atoms with Crippen LogP contribution in [0.15, 0.2) is 0 Å². The van der Waals surface area contributed by atoms with Crippen molar-refractivity contribution < 1.29 is 9.00 Å². The first-order chi connectivity index (χ1) is 8.00. The molecule has 4 nitrogen and oxygen atoms in total. The Labute approximate surface area is 106 Å². The molecule has 2 aliphatic rings. The van der Waals surface area contributed by atoms with Gasteiger partial charge < -0.3 is 4.90 Å². The van der Waals surface area contributed by atoms with Crippen LogP contribution in [0, 0.1) is 5.92 Å². The molecule has 0 aromatic heterocycles. The lowest BCUT2D eigenvalue weighted by Crippen LogP contribution is -2.46. The quantitative estimate of drug-likeness (QED) is 0.793. The first kappa shape index (κ1) is 13.0. The van der Waals surface area contributed by atoms with E-state index in [-0.39, 0.29) is 24.2 Å². The van der Waals surface area contributed by atoms with Crippen molar-refractivity contribution in [3.63, 3.8) is 0 Å². The summed E-state index contributed by atoms with van der Waals surface area (Å²) in [5.41, 5.74) is 0. The summed E-state index contributed by atoms with van der Waals surface area (Å²) in [6.07, 6.45) is 1.89. The van der Waals surface area contributed by atoms with Gasteiger partial charge in [0.1, 0.15) is 0 Å². The highest BCUT2D eigenvalue weighted by Gasteiger charge is 2.42. The molecule has 17 heavy (non-hydrogen) atoms. The molecule has 1 N–H and O–H groups in total. The van der Waals surface area contributed by atoms with Crippen molar-refractivity contribution in [2.45, 2.75) is 51.9 Å². The number of nitrogens with one attached hydrogen (secondary N) is 1. The van der Waals surface area contributed by atoms with Gasteiger partial charge in [-0.15, -0.1) is 0 Å². The fraction of sp³-hybridized carbons (Fsp3) is 0.917. The van der Waals surface area contributed by atoms with Crippen LogP contribution in [0.5, 0.6) is 0 Å². The molecule has 2 atom stereocenters. The lowest BCUT2D eigenvalue weighted by molar-refractivity contribution is -0.132. The van der Waals surface area contributed by atoms with Gasteiger partial charge in [-0.25, -0.2) is 0 Å². The maximum Gasteiger partial charge on any atom is 0.241 e. The van der Waals surface area contributed by atoms with E-state index in [9.17, 15) is 9.00 Å². The summed E-state index contributed by atoms with van der Waals surface area (Å²) in [5.74, 6) is 2.04. The SMILES string of the molecule is CC(C)C1NC(C)N(C2CCS(=O)CC2)C1=O. The molecule has 0 aliphatic carbocycles. The lowest BCUT2D eigenvalue weighted by atomic mass is 10.0. The van der Waals surface area contributed by atoms with Crippen molar-refractivity contribution in [2.24, 2.45) is 5.92 Å². The molecule has 2 heterocycles. The van der Waals surface area contributed by atoms with Gasteiger partial charge in [0, 0.05) is 28.3 Å². The van der Waals surface area contributed by atoms with E-state index < -0.39 is 10.8 Å². The van der Waals surface area contributed by atoms with Crippen LogP contribution in [-0.4, -0.2) is 44.8 Å². The smallest absolute Gasteiger partial charge is 0.241 e. The Morgan fingerprint density at radius 1 is 1.35 bits per heavy atom. The second-order valence-corrected chi connectivity index (χ2v) is 7.09. The molecule has 0 radical (unpaired) electrons. The maximum atomic E-state index is 12.3. The summed E-state index contributed by atoms with van der Waals surface area (Å²) in [6.45, 7) is 6.19. The molecule has 0 saturated carbocycles. The van der Waals surface area contributed by atoms with Crippen molar-refractivity contribution in [1.29, 1.82) is 0 Å². The standard InChI is InChI=1S/C12H22N2O2S/c1-8(2)11-12(15)14(9(3)13-11)10-4-6-17(16)7-5-10/h8-11,13H,4-7H2,1-3H3. The van der Waals surface area contributed by atoms with E-state index in [1.807, 2.05) is 11.8 Å². The van der Waals surface area contributed by atoms with E-state index in [0.29, 0.717) is 5.92 Å². The number of hydrogen-bond acceptors (Lipinski definition) is 3. The van der Waals surface area contributed by atoms with Crippen molar-refractivity contribution in [3.8, 4) is 0 Å². The van der Waals surface area contributed by atoms with Crippen LogP contribution in [0.2, 0.25) is 0 Å². The molecule has 2 rings (SSSR count). The fourth-order valence-electron chi connectivity index (χ4n) is 2.80. The molecule has 2 aliphatic heterocycles. The van der Waals surface area contributed by atoms with Gasteiger partial charge in [0.15, 0.2) is 0 Å². The van der Waals surface area contributed by atoms with Gasteiger partial charge in [0.2, 0.25) is 5.91 Å². The van der Waals surface area contributed by atoms with Gasteiger partial charge in [-0.1, -0.05) is 13.8 Å². The van der Waals surface area contributed by atoms with Crippen LogP contribution in [0.25, 0.3) is 0 Å². The number of nitrogens with zero attached hydrogens (tertiary/aromatic N) is 1. The lowest BCUT2D eigenvalue weighted by Gasteiger charge is -2.33. The Kier molecular flexibility index (Phi) is 3.88. The fourth-order valence-corrected chi connectivity index (χ4v) is 4.07. The molecule has 2 fully saturated rings. The Bertz CT molecular complexity index is 322. The zero-order valence-corrected chi connectivity index (χ0v) is 11.6.